The molecule has 2 saturated heterocycles. The highest BCUT2D eigenvalue weighted by Crippen LogP contribution is 2.59. The first kappa shape index (κ1) is 16.5. The molecule has 2 aliphatic rings. The highest BCUT2D eigenvalue weighted by atomic mass is 35.5. The number of ketones is 1. The highest BCUT2D eigenvalue weighted by Gasteiger charge is 2.72. The van der Waals surface area contributed by atoms with Gasteiger partial charge >= 0.3 is 0 Å². The standard InChI is InChI=1S/C23H19ClN2O/c24-19-13-11-17(12-14-19)21-23(22(27)18-7-3-1-4-8-18)15-25(16-26(21)23)20-9-5-2-6-10-20/h1-14,21H,15-16H2/t21-,23-,26?/m0/s1. The minimum atomic E-state index is -0.509. The number of hydrogen-bond acceptors (Lipinski definition) is 3. The molecule has 0 radical (unpaired) electrons. The number of carbonyl (C=O) groups is 1. The maximum absolute atomic E-state index is 13.5. The summed E-state index contributed by atoms with van der Waals surface area (Å²) in [7, 11) is 0. The molecule has 2 fully saturated rings. The van der Waals surface area contributed by atoms with E-state index in [0.717, 1.165) is 23.5 Å². The normalized spacial score (nSPS) is 25.9. The van der Waals surface area contributed by atoms with E-state index in [-0.39, 0.29) is 11.8 Å². The molecule has 3 aromatic carbocycles. The van der Waals surface area contributed by atoms with Crippen LogP contribution in [0.2, 0.25) is 5.02 Å². The van der Waals surface area contributed by atoms with Gasteiger partial charge in [-0.3, -0.25) is 9.69 Å². The second-order valence-corrected chi connectivity index (χ2v) is 7.65. The Morgan fingerprint density at radius 2 is 1.52 bits per heavy atom. The molecule has 0 bridgehead atoms. The Bertz CT molecular complexity index is 974. The van der Waals surface area contributed by atoms with Gasteiger partial charge in [0.25, 0.3) is 0 Å². The zero-order valence-corrected chi connectivity index (χ0v) is 15.5. The summed E-state index contributed by atoms with van der Waals surface area (Å²) >= 11 is 6.06. The number of rotatable bonds is 4. The molecular formula is C23H19ClN2O. The predicted molar refractivity (Wildman–Crippen MR) is 108 cm³/mol. The molecule has 4 heteroatoms. The lowest BCUT2D eigenvalue weighted by molar-refractivity contribution is 0.0933. The summed E-state index contributed by atoms with van der Waals surface area (Å²) < 4.78 is 0. The van der Waals surface area contributed by atoms with Crippen molar-refractivity contribution in [1.82, 2.24) is 4.90 Å². The lowest BCUT2D eigenvalue weighted by Gasteiger charge is -2.23. The number of para-hydroxylation sites is 1. The Morgan fingerprint density at radius 1 is 0.889 bits per heavy atom. The maximum Gasteiger partial charge on any atom is 0.186 e. The third-order valence-corrected chi connectivity index (χ3v) is 5.95. The van der Waals surface area contributed by atoms with E-state index in [1.165, 1.54) is 0 Å². The van der Waals surface area contributed by atoms with E-state index < -0.39 is 5.54 Å². The van der Waals surface area contributed by atoms with E-state index >= 15 is 0 Å². The molecular weight excluding hydrogens is 356 g/mol. The van der Waals surface area contributed by atoms with E-state index in [9.17, 15) is 4.79 Å². The van der Waals surface area contributed by atoms with Gasteiger partial charge in [0.15, 0.2) is 5.78 Å². The number of nitrogens with zero attached hydrogens (tertiary/aromatic N) is 2. The van der Waals surface area contributed by atoms with E-state index in [1.807, 2.05) is 72.8 Å². The van der Waals surface area contributed by atoms with Crippen LogP contribution in [0.15, 0.2) is 84.9 Å². The van der Waals surface area contributed by atoms with Crippen LogP contribution < -0.4 is 4.90 Å². The monoisotopic (exact) mass is 374 g/mol. The van der Waals surface area contributed by atoms with Gasteiger partial charge in [0, 0.05) is 22.8 Å². The molecule has 0 saturated carbocycles. The fraction of sp³-hybridized carbons (Fsp3) is 0.174. The van der Waals surface area contributed by atoms with Gasteiger partial charge in [0.2, 0.25) is 0 Å². The molecule has 3 atom stereocenters. The van der Waals surface area contributed by atoms with Crippen molar-refractivity contribution in [3.05, 3.63) is 101 Å². The highest BCUT2D eigenvalue weighted by molar-refractivity contribution is 6.30. The number of hydrogen-bond donors (Lipinski definition) is 0. The van der Waals surface area contributed by atoms with Crippen LogP contribution >= 0.6 is 11.6 Å². The molecule has 0 N–H and O–H groups in total. The van der Waals surface area contributed by atoms with Crippen molar-refractivity contribution in [2.45, 2.75) is 11.6 Å². The first-order valence-electron chi connectivity index (χ1n) is 9.12. The largest absolute Gasteiger partial charge is 0.356 e. The van der Waals surface area contributed by atoms with Gasteiger partial charge in [0.05, 0.1) is 12.7 Å². The van der Waals surface area contributed by atoms with Crippen molar-refractivity contribution < 1.29 is 4.79 Å². The first-order valence-corrected chi connectivity index (χ1v) is 9.50. The molecule has 1 unspecified atom stereocenters. The average molecular weight is 375 g/mol. The molecule has 134 valence electrons. The summed E-state index contributed by atoms with van der Waals surface area (Å²) in [6.07, 6.45) is 0. The van der Waals surface area contributed by atoms with Crippen LogP contribution in [0.25, 0.3) is 0 Å². The van der Waals surface area contributed by atoms with Crippen LogP contribution in [-0.4, -0.2) is 29.4 Å². The third kappa shape index (κ3) is 2.58. The molecule has 0 amide bonds. The number of benzene rings is 3. The van der Waals surface area contributed by atoms with Gasteiger partial charge in [-0.1, -0.05) is 72.3 Å². The fourth-order valence-corrected chi connectivity index (χ4v) is 4.50. The topological polar surface area (TPSA) is 23.3 Å². The molecule has 0 spiro atoms. The SMILES string of the molecule is O=C(c1ccccc1)[C@@]12CN(c3ccccc3)CN1[C@H]2c1ccc(Cl)cc1. The molecule has 3 nitrogen and oxygen atoms in total. The van der Waals surface area contributed by atoms with Crippen molar-refractivity contribution in [2.24, 2.45) is 0 Å². The van der Waals surface area contributed by atoms with Gasteiger partial charge in [-0.15, -0.1) is 0 Å². The lowest BCUT2D eigenvalue weighted by atomic mass is 9.90. The van der Waals surface area contributed by atoms with Crippen LogP contribution in [0.4, 0.5) is 5.69 Å². The van der Waals surface area contributed by atoms with Gasteiger partial charge < -0.3 is 4.90 Å². The Balaban J connectivity index is 1.52. The van der Waals surface area contributed by atoms with Crippen molar-refractivity contribution in [1.29, 1.82) is 0 Å². The minimum Gasteiger partial charge on any atom is -0.356 e. The number of fused-ring (bicyclic) bond motifs is 1. The lowest BCUT2D eigenvalue weighted by Crippen LogP contribution is -2.35. The maximum atomic E-state index is 13.5. The average Bonchev–Trinajstić information content (AvgIpc) is 3.18. The summed E-state index contributed by atoms with van der Waals surface area (Å²) in [6, 6.07) is 27.9. The predicted octanol–water partition coefficient (Wildman–Crippen LogP) is 4.80. The van der Waals surface area contributed by atoms with Crippen molar-refractivity contribution in [3.8, 4) is 0 Å². The second kappa shape index (κ2) is 6.22. The number of Topliss-reactive ketones (excluding diaryl/α,β-unsaturated/α-hetero) is 1. The summed E-state index contributed by atoms with van der Waals surface area (Å²) in [4.78, 5) is 18.1. The smallest absolute Gasteiger partial charge is 0.186 e. The number of carbonyl (C=O) groups excluding carboxylic acids is 1. The summed E-state index contributed by atoms with van der Waals surface area (Å²) in [6.45, 7) is 1.44. The number of anilines is 1. The third-order valence-electron chi connectivity index (χ3n) is 5.70. The van der Waals surface area contributed by atoms with E-state index in [2.05, 4.69) is 21.9 Å². The first-order chi connectivity index (χ1) is 13.2. The molecule has 3 aromatic rings. The van der Waals surface area contributed by atoms with Crippen LogP contribution in [0.3, 0.4) is 0 Å². The summed E-state index contributed by atoms with van der Waals surface area (Å²) in [5.41, 5.74) is 2.57. The van der Waals surface area contributed by atoms with Gasteiger partial charge in [0.1, 0.15) is 5.54 Å². The molecule has 2 heterocycles. The van der Waals surface area contributed by atoms with E-state index in [4.69, 9.17) is 11.6 Å². The van der Waals surface area contributed by atoms with Crippen LogP contribution in [-0.2, 0) is 0 Å². The molecule has 0 aliphatic carbocycles. The molecule has 0 aromatic heterocycles. The molecule has 2 aliphatic heterocycles. The van der Waals surface area contributed by atoms with Crippen LogP contribution in [0.5, 0.6) is 0 Å². The Kier molecular flexibility index (Phi) is 3.81. The minimum absolute atomic E-state index is 0.0995. The second-order valence-electron chi connectivity index (χ2n) is 7.22. The van der Waals surface area contributed by atoms with Gasteiger partial charge in [-0.2, -0.15) is 0 Å². The van der Waals surface area contributed by atoms with Crippen LogP contribution in [0, 0.1) is 0 Å². The quantitative estimate of drug-likeness (QED) is 0.484. The summed E-state index contributed by atoms with van der Waals surface area (Å²) in [5, 5.41) is 0.717. The van der Waals surface area contributed by atoms with Gasteiger partial charge in [-0.25, -0.2) is 0 Å². The fourth-order valence-electron chi connectivity index (χ4n) is 4.38. The Hall–Kier alpha value is -2.62. The zero-order chi connectivity index (χ0) is 18.4. The van der Waals surface area contributed by atoms with Crippen molar-refractivity contribution >= 4 is 23.1 Å². The van der Waals surface area contributed by atoms with E-state index in [1.54, 1.807) is 0 Å². The summed E-state index contributed by atoms with van der Waals surface area (Å²) in [5.74, 6) is 0.196. The van der Waals surface area contributed by atoms with Crippen LogP contribution in [0.1, 0.15) is 22.0 Å². The van der Waals surface area contributed by atoms with Crippen molar-refractivity contribution in [3.63, 3.8) is 0 Å². The van der Waals surface area contributed by atoms with E-state index in [0.29, 0.717) is 11.6 Å². The Labute approximate surface area is 163 Å². The Morgan fingerprint density at radius 3 is 2.19 bits per heavy atom. The molecule has 27 heavy (non-hydrogen) atoms. The molecule has 5 rings (SSSR count). The zero-order valence-electron chi connectivity index (χ0n) is 14.8. The van der Waals surface area contributed by atoms with Gasteiger partial charge in [-0.05, 0) is 29.8 Å². The van der Waals surface area contributed by atoms with Crippen molar-refractivity contribution in [2.75, 3.05) is 18.1 Å². The number of halogens is 1.